The van der Waals surface area contributed by atoms with Crippen molar-refractivity contribution in [2.45, 2.75) is 18.6 Å². The third-order valence-corrected chi connectivity index (χ3v) is 6.02. The maximum absolute atomic E-state index is 12.7. The Hall–Kier alpha value is -2.14. The molecule has 4 nitrogen and oxygen atoms in total. The molecule has 2 heterocycles. The van der Waals surface area contributed by atoms with Crippen molar-refractivity contribution < 1.29 is 14.3 Å². The maximum Gasteiger partial charge on any atom is 0.253 e. The molecule has 1 fully saturated rings. The van der Waals surface area contributed by atoms with Crippen molar-refractivity contribution in [3.8, 4) is 11.5 Å². The SMILES string of the molecule is Cc1ccc(C(=O)N2CCSC(c3ccc4c(c3)OCO4)CC2)cc1. The van der Waals surface area contributed by atoms with Crippen molar-refractivity contribution in [2.24, 2.45) is 0 Å². The molecular formula is C20H21NO3S. The summed E-state index contributed by atoms with van der Waals surface area (Å²) >= 11 is 1.91. The molecule has 4 rings (SSSR count). The normalized spacial score (nSPS) is 19.6. The minimum Gasteiger partial charge on any atom is -0.454 e. The highest BCUT2D eigenvalue weighted by Gasteiger charge is 2.24. The number of fused-ring (bicyclic) bond motifs is 1. The van der Waals surface area contributed by atoms with Crippen LogP contribution in [0.5, 0.6) is 11.5 Å². The van der Waals surface area contributed by atoms with E-state index in [0.29, 0.717) is 12.0 Å². The van der Waals surface area contributed by atoms with Crippen LogP contribution in [0, 0.1) is 6.92 Å². The van der Waals surface area contributed by atoms with E-state index in [1.54, 1.807) is 0 Å². The predicted octanol–water partition coefficient (Wildman–Crippen LogP) is 4.04. The van der Waals surface area contributed by atoms with Gasteiger partial charge >= 0.3 is 0 Å². The monoisotopic (exact) mass is 355 g/mol. The van der Waals surface area contributed by atoms with Gasteiger partial charge in [0.25, 0.3) is 5.91 Å². The summed E-state index contributed by atoms with van der Waals surface area (Å²) in [6, 6.07) is 14.0. The van der Waals surface area contributed by atoms with Gasteiger partial charge in [0.1, 0.15) is 0 Å². The van der Waals surface area contributed by atoms with E-state index in [-0.39, 0.29) is 5.91 Å². The Morgan fingerprint density at radius 1 is 1.08 bits per heavy atom. The topological polar surface area (TPSA) is 38.8 Å². The van der Waals surface area contributed by atoms with E-state index >= 15 is 0 Å². The van der Waals surface area contributed by atoms with Crippen molar-refractivity contribution in [1.82, 2.24) is 4.90 Å². The van der Waals surface area contributed by atoms with Crippen LogP contribution in [0.3, 0.4) is 0 Å². The van der Waals surface area contributed by atoms with Crippen molar-refractivity contribution in [3.05, 3.63) is 59.2 Å². The van der Waals surface area contributed by atoms with Gasteiger partial charge in [-0.15, -0.1) is 0 Å². The zero-order valence-electron chi connectivity index (χ0n) is 14.2. The second-order valence-corrected chi connectivity index (χ2v) is 7.73. The summed E-state index contributed by atoms with van der Waals surface area (Å²) in [4.78, 5) is 14.7. The van der Waals surface area contributed by atoms with Gasteiger partial charge in [0.15, 0.2) is 11.5 Å². The Balaban J connectivity index is 1.45. The molecule has 0 aromatic heterocycles. The van der Waals surface area contributed by atoms with Crippen LogP contribution in [0.15, 0.2) is 42.5 Å². The minimum absolute atomic E-state index is 0.131. The second-order valence-electron chi connectivity index (χ2n) is 6.42. The van der Waals surface area contributed by atoms with Crippen LogP contribution in [-0.4, -0.2) is 36.4 Å². The van der Waals surface area contributed by atoms with Crippen LogP contribution >= 0.6 is 11.8 Å². The van der Waals surface area contributed by atoms with E-state index in [1.807, 2.05) is 53.9 Å². The summed E-state index contributed by atoms with van der Waals surface area (Å²) in [7, 11) is 0. The number of amides is 1. The lowest BCUT2D eigenvalue weighted by Gasteiger charge is -2.20. The first-order valence-electron chi connectivity index (χ1n) is 8.58. The van der Waals surface area contributed by atoms with Crippen LogP contribution in [0.4, 0.5) is 0 Å². The number of hydrogen-bond donors (Lipinski definition) is 0. The molecule has 0 spiro atoms. The average Bonchev–Trinajstić information content (AvgIpc) is 2.96. The summed E-state index contributed by atoms with van der Waals surface area (Å²) in [6.07, 6.45) is 0.946. The van der Waals surface area contributed by atoms with E-state index in [4.69, 9.17) is 9.47 Å². The van der Waals surface area contributed by atoms with Gasteiger partial charge in [-0.1, -0.05) is 23.8 Å². The highest BCUT2D eigenvalue weighted by molar-refractivity contribution is 7.99. The van der Waals surface area contributed by atoms with Crippen LogP contribution in [0.1, 0.15) is 33.2 Å². The van der Waals surface area contributed by atoms with Gasteiger partial charge in [0, 0.05) is 29.7 Å². The molecule has 25 heavy (non-hydrogen) atoms. The molecule has 1 atom stereocenters. The summed E-state index contributed by atoms with van der Waals surface area (Å²) < 4.78 is 10.9. The zero-order valence-corrected chi connectivity index (χ0v) is 15.1. The van der Waals surface area contributed by atoms with Gasteiger partial charge in [-0.25, -0.2) is 0 Å². The molecule has 1 unspecified atom stereocenters. The van der Waals surface area contributed by atoms with Crippen LogP contribution in [0.25, 0.3) is 0 Å². The number of carbonyl (C=O) groups excluding carboxylic acids is 1. The fourth-order valence-corrected chi connectivity index (χ4v) is 4.45. The Morgan fingerprint density at radius 2 is 1.88 bits per heavy atom. The van der Waals surface area contributed by atoms with Crippen LogP contribution in [0.2, 0.25) is 0 Å². The molecular weight excluding hydrogens is 334 g/mol. The number of ether oxygens (including phenoxy) is 2. The van der Waals surface area contributed by atoms with Gasteiger partial charge < -0.3 is 14.4 Å². The van der Waals surface area contributed by atoms with Crippen molar-refractivity contribution in [1.29, 1.82) is 0 Å². The highest BCUT2D eigenvalue weighted by Crippen LogP contribution is 2.40. The molecule has 2 aliphatic heterocycles. The van der Waals surface area contributed by atoms with E-state index in [1.165, 1.54) is 11.1 Å². The van der Waals surface area contributed by atoms with Gasteiger partial charge in [-0.2, -0.15) is 11.8 Å². The predicted molar refractivity (Wildman–Crippen MR) is 99.5 cm³/mol. The first-order valence-corrected chi connectivity index (χ1v) is 9.63. The number of rotatable bonds is 2. The minimum atomic E-state index is 0.131. The molecule has 5 heteroatoms. The van der Waals surface area contributed by atoms with Crippen molar-refractivity contribution >= 4 is 17.7 Å². The second kappa shape index (κ2) is 7.00. The van der Waals surface area contributed by atoms with E-state index in [0.717, 1.165) is 42.3 Å². The van der Waals surface area contributed by atoms with Crippen LogP contribution < -0.4 is 9.47 Å². The Labute approximate surface area is 152 Å². The molecule has 130 valence electrons. The van der Waals surface area contributed by atoms with Crippen molar-refractivity contribution in [3.63, 3.8) is 0 Å². The first-order chi connectivity index (χ1) is 12.2. The first kappa shape index (κ1) is 16.3. The van der Waals surface area contributed by atoms with Crippen LogP contribution in [-0.2, 0) is 0 Å². The lowest BCUT2D eigenvalue weighted by Crippen LogP contribution is -2.32. The molecule has 0 saturated carbocycles. The quantitative estimate of drug-likeness (QED) is 0.815. The van der Waals surface area contributed by atoms with E-state index in [2.05, 4.69) is 12.1 Å². The summed E-state index contributed by atoms with van der Waals surface area (Å²) in [5.74, 6) is 2.72. The standard InChI is InChI=1S/C20H21NO3S/c1-14-2-4-15(5-3-14)20(22)21-9-8-19(25-11-10-21)16-6-7-17-18(12-16)24-13-23-17/h2-7,12,19H,8-11,13H2,1H3. The zero-order chi connectivity index (χ0) is 17.2. The number of benzene rings is 2. The summed E-state index contributed by atoms with van der Waals surface area (Å²) in [5.41, 5.74) is 3.20. The molecule has 0 aliphatic carbocycles. The van der Waals surface area contributed by atoms with E-state index in [9.17, 15) is 4.79 Å². The molecule has 2 aromatic rings. The fraction of sp³-hybridized carbons (Fsp3) is 0.350. The van der Waals surface area contributed by atoms with Gasteiger partial charge in [-0.05, 0) is 43.2 Å². The fourth-order valence-electron chi connectivity index (χ4n) is 3.23. The summed E-state index contributed by atoms with van der Waals surface area (Å²) in [5, 5.41) is 0.380. The lowest BCUT2D eigenvalue weighted by atomic mass is 10.1. The highest BCUT2D eigenvalue weighted by atomic mass is 32.2. The number of nitrogens with zero attached hydrogens (tertiary/aromatic N) is 1. The third-order valence-electron chi connectivity index (χ3n) is 4.70. The Morgan fingerprint density at radius 3 is 2.72 bits per heavy atom. The number of aryl methyl sites for hydroxylation is 1. The largest absolute Gasteiger partial charge is 0.454 e. The van der Waals surface area contributed by atoms with Gasteiger partial charge in [-0.3, -0.25) is 4.79 Å². The molecule has 2 aliphatic rings. The third kappa shape index (κ3) is 3.47. The van der Waals surface area contributed by atoms with Gasteiger partial charge in [0.2, 0.25) is 6.79 Å². The number of carbonyl (C=O) groups is 1. The smallest absolute Gasteiger partial charge is 0.253 e. The number of thioether (sulfide) groups is 1. The lowest BCUT2D eigenvalue weighted by molar-refractivity contribution is 0.0766. The molecule has 1 amide bonds. The Kier molecular flexibility index (Phi) is 4.57. The molecule has 0 radical (unpaired) electrons. The molecule has 0 bridgehead atoms. The van der Waals surface area contributed by atoms with Crippen molar-refractivity contribution in [2.75, 3.05) is 25.6 Å². The van der Waals surface area contributed by atoms with Gasteiger partial charge in [0.05, 0.1) is 0 Å². The molecule has 0 N–H and O–H groups in total. The summed E-state index contributed by atoms with van der Waals surface area (Å²) in [6.45, 7) is 3.90. The maximum atomic E-state index is 12.7. The van der Waals surface area contributed by atoms with E-state index < -0.39 is 0 Å². The number of hydrogen-bond acceptors (Lipinski definition) is 4. The average molecular weight is 355 g/mol. The molecule has 1 saturated heterocycles. The molecule has 2 aromatic carbocycles. The Bertz CT molecular complexity index is 775.